The number of carbonyl (C=O) groups is 2. The second-order valence-corrected chi connectivity index (χ2v) is 6.85. The van der Waals surface area contributed by atoms with E-state index in [1.165, 1.54) is 14.2 Å². The molecule has 0 fully saturated rings. The van der Waals surface area contributed by atoms with Crippen LogP contribution in [0.15, 0.2) is 42.5 Å². The first-order valence-electron chi connectivity index (χ1n) is 9.35. The van der Waals surface area contributed by atoms with Gasteiger partial charge in [0, 0.05) is 18.2 Å². The van der Waals surface area contributed by atoms with Gasteiger partial charge in [0.25, 0.3) is 5.91 Å². The molecule has 0 radical (unpaired) electrons. The van der Waals surface area contributed by atoms with E-state index in [1.54, 1.807) is 41.3 Å². The third kappa shape index (κ3) is 3.36. The molecule has 0 aliphatic carbocycles. The lowest BCUT2D eigenvalue weighted by molar-refractivity contribution is -0.135. The van der Waals surface area contributed by atoms with Crippen molar-refractivity contribution in [1.82, 2.24) is 0 Å². The molecular weight excluding hydrogens is 358 g/mol. The van der Waals surface area contributed by atoms with Crippen LogP contribution in [0.1, 0.15) is 42.1 Å². The van der Waals surface area contributed by atoms with E-state index in [2.05, 4.69) is 0 Å². The third-order valence-electron chi connectivity index (χ3n) is 5.10. The van der Waals surface area contributed by atoms with Gasteiger partial charge in [-0.05, 0) is 24.6 Å². The number of carbonyl (C=O) groups excluding carboxylic acids is 2. The number of unbranched alkanes of at least 4 members (excludes halogenated alkanes) is 1. The molecular formula is C22H25NO5. The van der Waals surface area contributed by atoms with Crippen molar-refractivity contribution in [3.05, 3.63) is 53.6 Å². The molecule has 6 heteroatoms. The maximum absolute atomic E-state index is 13.1. The number of amides is 1. The molecule has 1 amide bonds. The molecule has 0 spiro atoms. The van der Waals surface area contributed by atoms with Gasteiger partial charge < -0.3 is 19.5 Å². The van der Waals surface area contributed by atoms with Gasteiger partial charge in [-0.25, -0.2) is 0 Å². The largest absolute Gasteiger partial charge is 0.497 e. The number of nitrogens with zero attached hydrogens (tertiary/aromatic N) is 1. The molecule has 0 aromatic heterocycles. The normalized spacial score (nSPS) is 18.1. The van der Waals surface area contributed by atoms with Crippen molar-refractivity contribution >= 4 is 17.4 Å². The number of benzene rings is 2. The number of methoxy groups -OCH3 is 2. The molecule has 0 bridgehead atoms. The molecule has 0 saturated carbocycles. The third-order valence-corrected chi connectivity index (χ3v) is 5.10. The topological polar surface area (TPSA) is 76.1 Å². The minimum Gasteiger partial charge on any atom is -0.497 e. The van der Waals surface area contributed by atoms with Crippen molar-refractivity contribution in [3.63, 3.8) is 0 Å². The molecule has 28 heavy (non-hydrogen) atoms. The van der Waals surface area contributed by atoms with Crippen molar-refractivity contribution < 1.29 is 24.2 Å². The number of anilines is 1. The molecule has 1 unspecified atom stereocenters. The maximum atomic E-state index is 13.1. The van der Waals surface area contributed by atoms with Gasteiger partial charge >= 0.3 is 0 Å². The quantitative estimate of drug-likeness (QED) is 0.708. The Hall–Kier alpha value is -2.86. The highest BCUT2D eigenvalue weighted by atomic mass is 16.5. The van der Waals surface area contributed by atoms with Crippen molar-refractivity contribution in [2.45, 2.75) is 31.8 Å². The average Bonchev–Trinajstić information content (AvgIpc) is 2.93. The maximum Gasteiger partial charge on any atom is 0.264 e. The zero-order valence-electron chi connectivity index (χ0n) is 16.4. The number of rotatable bonds is 8. The van der Waals surface area contributed by atoms with E-state index in [1.807, 2.05) is 13.0 Å². The van der Waals surface area contributed by atoms with Crippen LogP contribution in [0, 0.1) is 0 Å². The summed E-state index contributed by atoms with van der Waals surface area (Å²) in [6.45, 7) is 2.55. The van der Waals surface area contributed by atoms with Crippen molar-refractivity contribution in [1.29, 1.82) is 0 Å². The Balaban J connectivity index is 1.95. The number of Topliss-reactive ketones (excluding diaryl/α,β-unsaturated/α-hetero) is 1. The summed E-state index contributed by atoms with van der Waals surface area (Å²) in [4.78, 5) is 27.7. The van der Waals surface area contributed by atoms with E-state index in [-0.39, 0.29) is 12.2 Å². The summed E-state index contributed by atoms with van der Waals surface area (Å²) in [7, 11) is 2.99. The van der Waals surface area contributed by atoms with E-state index in [0.717, 1.165) is 12.8 Å². The zero-order valence-corrected chi connectivity index (χ0v) is 16.4. The van der Waals surface area contributed by atoms with Crippen LogP contribution in [0.5, 0.6) is 11.5 Å². The molecule has 148 valence electrons. The highest BCUT2D eigenvalue weighted by molar-refractivity contribution is 6.11. The summed E-state index contributed by atoms with van der Waals surface area (Å²) in [5.41, 5.74) is -0.448. The van der Waals surface area contributed by atoms with Gasteiger partial charge in [0.2, 0.25) is 0 Å². The lowest BCUT2D eigenvalue weighted by Gasteiger charge is -2.23. The Morgan fingerprint density at radius 1 is 1.14 bits per heavy atom. The average molecular weight is 383 g/mol. The zero-order chi connectivity index (χ0) is 20.3. The van der Waals surface area contributed by atoms with E-state index < -0.39 is 11.5 Å². The summed E-state index contributed by atoms with van der Waals surface area (Å²) in [6, 6.07) is 11.9. The predicted molar refractivity (Wildman–Crippen MR) is 106 cm³/mol. The lowest BCUT2D eigenvalue weighted by atomic mass is 9.88. The van der Waals surface area contributed by atoms with E-state index >= 15 is 0 Å². The van der Waals surface area contributed by atoms with Crippen molar-refractivity contribution in [2.75, 3.05) is 25.7 Å². The lowest BCUT2D eigenvalue weighted by Crippen LogP contribution is -2.42. The highest BCUT2D eigenvalue weighted by Gasteiger charge is 2.50. The number of fused-ring (bicyclic) bond motifs is 1. The number of para-hydroxylation sites is 1. The molecule has 1 aliphatic rings. The van der Waals surface area contributed by atoms with Crippen LogP contribution in [-0.2, 0) is 10.4 Å². The van der Waals surface area contributed by atoms with Crippen LogP contribution in [0.2, 0.25) is 0 Å². The number of ether oxygens (including phenoxy) is 2. The van der Waals surface area contributed by atoms with Crippen LogP contribution in [0.4, 0.5) is 5.69 Å². The second kappa shape index (κ2) is 8.02. The summed E-state index contributed by atoms with van der Waals surface area (Å²) >= 11 is 0. The van der Waals surface area contributed by atoms with Gasteiger partial charge in [0.1, 0.15) is 11.5 Å². The number of ketones is 1. The molecule has 1 N–H and O–H groups in total. The molecule has 2 aromatic carbocycles. The van der Waals surface area contributed by atoms with Crippen molar-refractivity contribution in [3.8, 4) is 11.5 Å². The first-order chi connectivity index (χ1) is 13.5. The van der Waals surface area contributed by atoms with Crippen LogP contribution < -0.4 is 14.4 Å². The van der Waals surface area contributed by atoms with Gasteiger partial charge in [-0.1, -0.05) is 31.5 Å². The van der Waals surface area contributed by atoms with E-state index in [4.69, 9.17) is 9.47 Å². The summed E-state index contributed by atoms with van der Waals surface area (Å²) in [6.07, 6.45) is 1.39. The van der Waals surface area contributed by atoms with Gasteiger partial charge in [-0.3, -0.25) is 9.59 Å². The number of aliphatic hydroxyl groups is 1. The Labute approximate surface area is 164 Å². The Morgan fingerprint density at radius 3 is 2.57 bits per heavy atom. The molecule has 6 nitrogen and oxygen atoms in total. The minimum absolute atomic E-state index is 0.300. The fourth-order valence-electron chi connectivity index (χ4n) is 3.57. The number of hydrogen-bond acceptors (Lipinski definition) is 5. The first-order valence-corrected chi connectivity index (χ1v) is 9.35. The van der Waals surface area contributed by atoms with Gasteiger partial charge in [0.05, 0.1) is 31.9 Å². The Bertz CT molecular complexity index is 894. The SMILES string of the molecule is CCCCN1C(=O)C(O)(CC(=O)c2ccc(OC)cc2OC)c2ccccc21. The molecule has 0 saturated heterocycles. The predicted octanol–water partition coefficient (Wildman–Crippen LogP) is 3.31. The Kier molecular flexibility index (Phi) is 5.70. The minimum atomic E-state index is -1.88. The van der Waals surface area contributed by atoms with Gasteiger partial charge in [0.15, 0.2) is 11.4 Å². The molecule has 1 heterocycles. The Morgan fingerprint density at radius 2 is 1.89 bits per heavy atom. The summed E-state index contributed by atoms with van der Waals surface area (Å²) in [5.74, 6) is 0.0696. The fraction of sp³-hybridized carbons (Fsp3) is 0.364. The number of hydrogen-bond donors (Lipinski definition) is 1. The van der Waals surface area contributed by atoms with E-state index in [0.29, 0.717) is 34.9 Å². The highest BCUT2D eigenvalue weighted by Crippen LogP contribution is 2.43. The smallest absolute Gasteiger partial charge is 0.264 e. The van der Waals surface area contributed by atoms with Crippen LogP contribution in [-0.4, -0.2) is 37.6 Å². The van der Waals surface area contributed by atoms with Gasteiger partial charge in [-0.15, -0.1) is 0 Å². The van der Waals surface area contributed by atoms with Crippen LogP contribution in [0.3, 0.4) is 0 Å². The molecule has 1 atom stereocenters. The molecule has 3 rings (SSSR count). The first kappa shape index (κ1) is 19.9. The monoisotopic (exact) mass is 383 g/mol. The second-order valence-electron chi connectivity index (χ2n) is 6.85. The van der Waals surface area contributed by atoms with Crippen LogP contribution in [0.25, 0.3) is 0 Å². The standard InChI is InChI=1S/C22H25NO5/c1-4-5-12-23-18-9-7-6-8-17(18)22(26,21(23)25)14-19(24)16-11-10-15(27-2)13-20(16)28-3/h6-11,13,26H,4-5,12,14H2,1-3H3. The van der Waals surface area contributed by atoms with E-state index in [9.17, 15) is 14.7 Å². The summed E-state index contributed by atoms with van der Waals surface area (Å²) in [5, 5.41) is 11.3. The summed E-state index contributed by atoms with van der Waals surface area (Å²) < 4.78 is 10.5. The fourth-order valence-corrected chi connectivity index (χ4v) is 3.57. The van der Waals surface area contributed by atoms with Gasteiger partial charge in [-0.2, -0.15) is 0 Å². The van der Waals surface area contributed by atoms with Crippen LogP contribution >= 0.6 is 0 Å². The molecule has 2 aromatic rings. The van der Waals surface area contributed by atoms with Crippen molar-refractivity contribution in [2.24, 2.45) is 0 Å². The molecule has 1 aliphatic heterocycles.